The van der Waals surface area contributed by atoms with E-state index in [0.717, 1.165) is 25.5 Å². The molecule has 0 amide bonds. The summed E-state index contributed by atoms with van der Waals surface area (Å²) in [4.78, 5) is 4.67. The lowest BCUT2D eigenvalue weighted by molar-refractivity contribution is -0.168. The number of guanidine groups is 1. The lowest BCUT2D eigenvalue weighted by atomic mass is 9.51. The van der Waals surface area contributed by atoms with Crippen molar-refractivity contribution < 1.29 is 14.6 Å². The van der Waals surface area contributed by atoms with E-state index < -0.39 is 5.60 Å². The number of aliphatic imine (C=N–C) groups is 1. The van der Waals surface area contributed by atoms with Crippen molar-refractivity contribution in [2.24, 2.45) is 10.4 Å². The van der Waals surface area contributed by atoms with Gasteiger partial charge in [-0.25, -0.2) is 0 Å². The van der Waals surface area contributed by atoms with Gasteiger partial charge in [0.15, 0.2) is 5.96 Å². The molecule has 1 spiro atoms. The zero-order valence-corrected chi connectivity index (χ0v) is 15.1. The smallest absolute Gasteiger partial charge is 0.191 e. The Hall–Kier alpha value is -0.850. The molecule has 1 heterocycles. The van der Waals surface area contributed by atoms with E-state index in [4.69, 9.17) is 9.47 Å². The van der Waals surface area contributed by atoms with Crippen molar-refractivity contribution in [1.29, 1.82) is 0 Å². The van der Waals surface area contributed by atoms with Crippen LogP contribution < -0.4 is 10.6 Å². The van der Waals surface area contributed by atoms with Crippen LogP contribution in [0.25, 0.3) is 0 Å². The van der Waals surface area contributed by atoms with E-state index in [0.29, 0.717) is 50.2 Å². The molecule has 2 saturated carbocycles. The summed E-state index contributed by atoms with van der Waals surface area (Å²) in [6.07, 6.45) is 6.57. The Bertz CT molecular complexity index is 445. The Kier molecular flexibility index (Phi) is 5.67. The number of nitrogens with one attached hydrogen (secondary N) is 2. The molecule has 2 atom stereocenters. The quantitative estimate of drug-likeness (QED) is 0.504. The first-order valence-corrected chi connectivity index (χ1v) is 9.58. The Labute approximate surface area is 145 Å². The molecule has 2 aliphatic carbocycles. The van der Waals surface area contributed by atoms with Gasteiger partial charge in [-0.3, -0.25) is 4.99 Å². The van der Waals surface area contributed by atoms with Gasteiger partial charge in [-0.2, -0.15) is 0 Å². The molecule has 0 radical (unpaired) electrons. The molecule has 0 bridgehead atoms. The molecule has 6 heteroatoms. The molecule has 6 nitrogen and oxygen atoms in total. The predicted molar refractivity (Wildman–Crippen MR) is 94.2 cm³/mol. The maximum atomic E-state index is 10.6. The van der Waals surface area contributed by atoms with Crippen molar-refractivity contribution >= 4 is 5.96 Å². The largest absolute Gasteiger partial charge is 0.388 e. The van der Waals surface area contributed by atoms with Crippen LogP contribution in [0, 0.1) is 5.41 Å². The Morgan fingerprint density at radius 2 is 2.00 bits per heavy atom. The maximum Gasteiger partial charge on any atom is 0.191 e. The topological polar surface area (TPSA) is 75.1 Å². The van der Waals surface area contributed by atoms with Gasteiger partial charge < -0.3 is 25.2 Å². The second-order valence-corrected chi connectivity index (χ2v) is 7.50. The zero-order valence-electron chi connectivity index (χ0n) is 15.1. The highest BCUT2D eigenvalue weighted by Gasteiger charge is 2.59. The number of ether oxygens (including phenoxy) is 2. The van der Waals surface area contributed by atoms with E-state index in [9.17, 15) is 5.11 Å². The van der Waals surface area contributed by atoms with Gasteiger partial charge in [-0.15, -0.1) is 0 Å². The lowest BCUT2D eigenvalue weighted by Gasteiger charge is -2.61. The minimum Gasteiger partial charge on any atom is -0.388 e. The first-order valence-electron chi connectivity index (χ1n) is 9.58. The van der Waals surface area contributed by atoms with Gasteiger partial charge >= 0.3 is 0 Å². The molecule has 3 fully saturated rings. The molecular weight excluding hydrogens is 306 g/mol. The van der Waals surface area contributed by atoms with Crippen LogP contribution in [-0.2, 0) is 9.47 Å². The van der Waals surface area contributed by atoms with Crippen LogP contribution >= 0.6 is 0 Å². The van der Waals surface area contributed by atoms with E-state index in [-0.39, 0.29) is 0 Å². The fourth-order valence-electron chi connectivity index (χ4n) is 4.26. The molecule has 2 unspecified atom stereocenters. The molecule has 0 aromatic carbocycles. The zero-order chi connectivity index (χ0) is 17.0. The number of aliphatic hydroxyl groups is 1. The highest BCUT2D eigenvalue weighted by molar-refractivity contribution is 5.80. The molecule has 3 rings (SSSR count). The number of hydrogen-bond donors (Lipinski definition) is 3. The van der Waals surface area contributed by atoms with Crippen molar-refractivity contribution in [3.8, 4) is 0 Å². The predicted octanol–water partition coefficient (Wildman–Crippen LogP) is 1.43. The van der Waals surface area contributed by atoms with Gasteiger partial charge in [0.05, 0.1) is 18.2 Å². The van der Waals surface area contributed by atoms with E-state index in [1.807, 2.05) is 0 Å². The second-order valence-electron chi connectivity index (χ2n) is 7.50. The summed E-state index contributed by atoms with van der Waals surface area (Å²) in [5.74, 6) is 0.823. The van der Waals surface area contributed by atoms with Gasteiger partial charge in [0.25, 0.3) is 0 Å². The van der Waals surface area contributed by atoms with Gasteiger partial charge in [0, 0.05) is 50.7 Å². The van der Waals surface area contributed by atoms with Crippen LogP contribution in [0.1, 0.15) is 52.4 Å². The fraction of sp³-hybridized carbons (Fsp3) is 0.944. The summed E-state index contributed by atoms with van der Waals surface area (Å²) in [5, 5.41) is 17.5. The number of nitrogens with zero attached hydrogens (tertiary/aromatic N) is 1. The van der Waals surface area contributed by atoms with E-state index in [1.54, 1.807) is 0 Å². The van der Waals surface area contributed by atoms with Crippen LogP contribution in [0.3, 0.4) is 0 Å². The Morgan fingerprint density at radius 1 is 1.25 bits per heavy atom. The first-order chi connectivity index (χ1) is 11.6. The number of hydrogen-bond acceptors (Lipinski definition) is 4. The highest BCUT2D eigenvalue weighted by atomic mass is 16.5. The van der Waals surface area contributed by atoms with Crippen molar-refractivity contribution in [2.45, 2.75) is 70.1 Å². The average molecular weight is 339 g/mol. The van der Waals surface area contributed by atoms with E-state index >= 15 is 0 Å². The van der Waals surface area contributed by atoms with Crippen LogP contribution in [-0.4, -0.2) is 61.7 Å². The van der Waals surface area contributed by atoms with E-state index in [2.05, 4.69) is 29.5 Å². The summed E-state index contributed by atoms with van der Waals surface area (Å²) in [5.41, 5.74) is -0.413. The molecule has 0 aromatic rings. The molecule has 138 valence electrons. The second kappa shape index (κ2) is 7.58. The highest BCUT2D eigenvalue weighted by Crippen LogP contribution is 2.57. The Balaban J connectivity index is 1.59. The molecular formula is C18H33N3O3. The van der Waals surface area contributed by atoms with Gasteiger partial charge in [0.2, 0.25) is 0 Å². The van der Waals surface area contributed by atoms with Crippen LogP contribution in [0.5, 0.6) is 0 Å². The molecule has 1 saturated heterocycles. The fourth-order valence-corrected chi connectivity index (χ4v) is 4.26. The van der Waals surface area contributed by atoms with Crippen molar-refractivity contribution in [3.63, 3.8) is 0 Å². The molecule has 3 aliphatic rings. The molecule has 24 heavy (non-hydrogen) atoms. The summed E-state index contributed by atoms with van der Waals surface area (Å²) in [6.45, 7) is 7.44. The third-order valence-corrected chi connectivity index (χ3v) is 6.05. The monoisotopic (exact) mass is 339 g/mol. The molecule has 3 N–H and O–H groups in total. The number of rotatable bonds is 6. The third kappa shape index (κ3) is 3.55. The summed E-state index contributed by atoms with van der Waals surface area (Å²) in [7, 11) is 0. The summed E-state index contributed by atoms with van der Waals surface area (Å²) < 4.78 is 11.3. The molecule has 1 aliphatic heterocycles. The SMILES string of the molecule is CCNC(=NCC1(O)CCOCC1)NC1CC(OCC)C12CCC2. The van der Waals surface area contributed by atoms with Crippen LogP contribution in [0.4, 0.5) is 0 Å². The van der Waals surface area contributed by atoms with Crippen molar-refractivity contribution in [1.82, 2.24) is 10.6 Å². The molecule has 0 aromatic heterocycles. The normalized spacial score (nSPS) is 31.2. The van der Waals surface area contributed by atoms with Gasteiger partial charge in [-0.1, -0.05) is 6.42 Å². The third-order valence-electron chi connectivity index (χ3n) is 6.05. The van der Waals surface area contributed by atoms with Gasteiger partial charge in [-0.05, 0) is 33.1 Å². The summed E-state index contributed by atoms with van der Waals surface area (Å²) in [6, 6.07) is 0.435. The summed E-state index contributed by atoms with van der Waals surface area (Å²) >= 11 is 0. The van der Waals surface area contributed by atoms with Crippen molar-refractivity contribution in [2.75, 3.05) is 32.9 Å². The van der Waals surface area contributed by atoms with Crippen LogP contribution in [0.2, 0.25) is 0 Å². The van der Waals surface area contributed by atoms with Crippen molar-refractivity contribution in [3.05, 3.63) is 0 Å². The first kappa shape index (κ1) is 18.0. The Morgan fingerprint density at radius 3 is 2.58 bits per heavy atom. The minimum atomic E-state index is -0.720. The van der Waals surface area contributed by atoms with E-state index in [1.165, 1.54) is 19.3 Å². The minimum absolute atomic E-state index is 0.307. The maximum absolute atomic E-state index is 10.6. The van der Waals surface area contributed by atoms with Crippen LogP contribution in [0.15, 0.2) is 4.99 Å². The average Bonchev–Trinajstić information content (AvgIpc) is 2.50. The lowest BCUT2D eigenvalue weighted by Crippen LogP contribution is -2.68. The van der Waals surface area contributed by atoms with Gasteiger partial charge in [0.1, 0.15) is 0 Å². The standard InChI is InChI=1S/C18H33N3O3/c1-3-19-16(20-13-17(22)8-10-23-11-9-17)21-14-12-15(24-4-2)18(14)6-5-7-18/h14-15,22H,3-13H2,1-2H3,(H2,19,20,21).